The zero-order valence-corrected chi connectivity index (χ0v) is 15.2. The zero-order valence-electron chi connectivity index (χ0n) is 14.4. The van der Waals surface area contributed by atoms with E-state index >= 15 is 0 Å². The van der Waals surface area contributed by atoms with Crippen LogP contribution in [0.4, 0.5) is 5.69 Å². The van der Waals surface area contributed by atoms with Crippen LogP contribution < -0.4 is 0 Å². The highest BCUT2D eigenvalue weighted by Gasteiger charge is 2.26. The highest BCUT2D eigenvalue weighted by atomic mass is 32.2. The molecule has 132 valence electrons. The first-order valence-corrected chi connectivity index (χ1v) is 10.2. The van der Waals surface area contributed by atoms with Gasteiger partial charge in [-0.25, -0.2) is 8.42 Å². The number of nitrogens with zero attached hydrogens (tertiary/aromatic N) is 2. The van der Waals surface area contributed by atoms with Crippen LogP contribution in [0.25, 0.3) is 10.8 Å². The van der Waals surface area contributed by atoms with Crippen molar-refractivity contribution in [1.82, 2.24) is 4.31 Å². The van der Waals surface area contributed by atoms with Gasteiger partial charge in [0.15, 0.2) is 0 Å². The van der Waals surface area contributed by atoms with Crippen molar-refractivity contribution in [3.05, 3.63) is 72.3 Å². The first-order valence-electron chi connectivity index (χ1n) is 8.76. The monoisotopic (exact) mass is 364 g/mol. The minimum Gasteiger partial charge on any atom is -0.256 e. The standard InChI is InChI=1S/C21H20N2O2S/c24-26(25,23-13-3-4-14-23)21-11-9-20(10-12-21)22-16-17-7-8-18-5-1-2-6-19(18)15-17/h1-2,5-12,15-16H,3-4,13-14H2. The molecule has 0 saturated carbocycles. The molecular formula is C21H20N2O2S. The maximum atomic E-state index is 12.5. The van der Waals surface area contributed by atoms with E-state index < -0.39 is 10.0 Å². The summed E-state index contributed by atoms with van der Waals surface area (Å²) in [6.45, 7) is 1.23. The molecule has 4 rings (SSSR count). The third-order valence-corrected chi connectivity index (χ3v) is 6.59. The molecule has 1 heterocycles. The topological polar surface area (TPSA) is 49.7 Å². The van der Waals surface area contributed by atoms with E-state index in [0.29, 0.717) is 18.0 Å². The van der Waals surface area contributed by atoms with Crippen LogP contribution in [0, 0.1) is 0 Å². The van der Waals surface area contributed by atoms with Crippen LogP contribution in [0.1, 0.15) is 18.4 Å². The average Bonchev–Trinajstić information content (AvgIpc) is 3.22. The summed E-state index contributed by atoms with van der Waals surface area (Å²) >= 11 is 0. The Balaban J connectivity index is 1.54. The summed E-state index contributed by atoms with van der Waals surface area (Å²) in [7, 11) is -3.37. The molecule has 0 bridgehead atoms. The van der Waals surface area contributed by atoms with Crippen molar-refractivity contribution < 1.29 is 8.42 Å². The summed E-state index contributed by atoms with van der Waals surface area (Å²) in [5.74, 6) is 0. The van der Waals surface area contributed by atoms with Gasteiger partial charge in [0, 0.05) is 19.3 Å². The van der Waals surface area contributed by atoms with E-state index in [1.807, 2.05) is 18.2 Å². The first kappa shape index (κ1) is 16.9. The van der Waals surface area contributed by atoms with Crippen molar-refractivity contribution in [2.24, 2.45) is 4.99 Å². The van der Waals surface area contributed by atoms with Gasteiger partial charge in [-0.15, -0.1) is 0 Å². The Morgan fingerprint density at radius 2 is 1.54 bits per heavy atom. The number of hydrogen-bond acceptors (Lipinski definition) is 3. The maximum absolute atomic E-state index is 12.5. The molecule has 3 aromatic rings. The van der Waals surface area contributed by atoms with Crippen LogP contribution in [-0.4, -0.2) is 32.0 Å². The second-order valence-electron chi connectivity index (χ2n) is 6.47. The number of fused-ring (bicyclic) bond motifs is 1. The molecule has 1 aliphatic rings. The van der Waals surface area contributed by atoms with E-state index in [-0.39, 0.29) is 0 Å². The van der Waals surface area contributed by atoms with E-state index in [9.17, 15) is 8.42 Å². The fraction of sp³-hybridized carbons (Fsp3) is 0.190. The van der Waals surface area contributed by atoms with Gasteiger partial charge in [0.25, 0.3) is 0 Å². The molecule has 1 saturated heterocycles. The smallest absolute Gasteiger partial charge is 0.243 e. The summed E-state index contributed by atoms with van der Waals surface area (Å²) in [5, 5.41) is 2.37. The van der Waals surface area contributed by atoms with Gasteiger partial charge in [-0.2, -0.15) is 4.31 Å². The largest absolute Gasteiger partial charge is 0.256 e. The normalized spacial score (nSPS) is 15.8. The van der Waals surface area contributed by atoms with Crippen molar-refractivity contribution >= 4 is 32.7 Å². The molecule has 0 unspecified atom stereocenters. The Kier molecular flexibility index (Phi) is 4.57. The number of benzene rings is 3. The molecule has 0 aliphatic carbocycles. The second kappa shape index (κ2) is 7.02. The van der Waals surface area contributed by atoms with Gasteiger partial charge in [0.2, 0.25) is 10.0 Å². The minimum atomic E-state index is -3.37. The fourth-order valence-corrected chi connectivity index (χ4v) is 4.74. The van der Waals surface area contributed by atoms with Crippen molar-refractivity contribution in [3.63, 3.8) is 0 Å². The number of hydrogen-bond donors (Lipinski definition) is 0. The van der Waals surface area contributed by atoms with Gasteiger partial charge in [-0.05, 0) is 59.5 Å². The first-order chi connectivity index (χ1) is 12.6. The van der Waals surface area contributed by atoms with Gasteiger partial charge >= 0.3 is 0 Å². The molecule has 0 N–H and O–H groups in total. The third-order valence-electron chi connectivity index (χ3n) is 4.68. The molecule has 3 aromatic carbocycles. The molecule has 1 fully saturated rings. The van der Waals surface area contributed by atoms with Gasteiger partial charge in [0.05, 0.1) is 10.6 Å². The lowest BCUT2D eigenvalue weighted by Gasteiger charge is -2.15. The highest BCUT2D eigenvalue weighted by Crippen LogP contribution is 2.23. The predicted molar refractivity (Wildman–Crippen MR) is 106 cm³/mol. The molecule has 0 radical (unpaired) electrons. The predicted octanol–water partition coefficient (Wildman–Crippen LogP) is 4.37. The highest BCUT2D eigenvalue weighted by molar-refractivity contribution is 7.89. The van der Waals surface area contributed by atoms with E-state index in [1.54, 1.807) is 34.8 Å². The number of rotatable bonds is 4. The van der Waals surface area contributed by atoms with Gasteiger partial charge in [-0.3, -0.25) is 4.99 Å². The Labute approximate surface area is 153 Å². The number of aliphatic imine (C=N–C) groups is 1. The summed E-state index contributed by atoms with van der Waals surface area (Å²) in [4.78, 5) is 4.81. The second-order valence-corrected chi connectivity index (χ2v) is 8.41. The van der Waals surface area contributed by atoms with Gasteiger partial charge in [0.1, 0.15) is 0 Å². The van der Waals surface area contributed by atoms with E-state index in [2.05, 4.69) is 29.3 Å². The van der Waals surface area contributed by atoms with Crippen LogP contribution in [-0.2, 0) is 10.0 Å². The molecule has 0 amide bonds. The fourth-order valence-electron chi connectivity index (χ4n) is 3.22. The maximum Gasteiger partial charge on any atom is 0.243 e. The summed E-state index contributed by atoms with van der Waals surface area (Å²) < 4.78 is 26.6. The van der Waals surface area contributed by atoms with Crippen molar-refractivity contribution in [3.8, 4) is 0 Å². The van der Waals surface area contributed by atoms with Crippen molar-refractivity contribution in [1.29, 1.82) is 0 Å². The molecule has 0 aromatic heterocycles. The Hall–Kier alpha value is -2.50. The average molecular weight is 364 g/mol. The van der Waals surface area contributed by atoms with Crippen LogP contribution in [0.5, 0.6) is 0 Å². The lowest BCUT2D eigenvalue weighted by atomic mass is 10.1. The quantitative estimate of drug-likeness (QED) is 0.645. The van der Waals surface area contributed by atoms with Gasteiger partial charge < -0.3 is 0 Å². The van der Waals surface area contributed by atoms with Gasteiger partial charge in [-0.1, -0.05) is 36.4 Å². The SMILES string of the molecule is O=S(=O)(c1ccc(N=Cc2ccc3ccccc3c2)cc1)N1CCCC1. The third kappa shape index (κ3) is 3.41. The van der Waals surface area contributed by atoms with Crippen LogP contribution in [0.2, 0.25) is 0 Å². The van der Waals surface area contributed by atoms with Crippen LogP contribution in [0.15, 0.2) is 76.6 Å². The molecule has 1 aliphatic heterocycles. The minimum absolute atomic E-state index is 0.337. The summed E-state index contributed by atoms with van der Waals surface area (Å²) in [5.41, 5.74) is 1.75. The lowest BCUT2D eigenvalue weighted by molar-refractivity contribution is 0.477. The van der Waals surface area contributed by atoms with E-state index in [1.165, 1.54) is 10.8 Å². The molecule has 4 nitrogen and oxygen atoms in total. The number of sulfonamides is 1. The molecular weight excluding hydrogens is 344 g/mol. The van der Waals surface area contributed by atoms with Crippen molar-refractivity contribution in [2.75, 3.05) is 13.1 Å². The van der Waals surface area contributed by atoms with Crippen molar-refractivity contribution in [2.45, 2.75) is 17.7 Å². The Morgan fingerprint density at radius 1 is 0.846 bits per heavy atom. The lowest BCUT2D eigenvalue weighted by Crippen LogP contribution is -2.27. The Bertz CT molecular complexity index is 1050. The van der Waals surface area contributed by atoms with E-state index in [4.69, 9.17) is 0 Å². The zero-order chi connectivity index (χ0) is 18.0. The van der Waals surface area contributed by atoms with Crippen LogP contribution in [0.3, 0.4) is 0 Å². The molecule has 26 heavy (non-hydrogen) atoms. The summed E-state index contributed by atoms with van der Waals surface area (Å²) in [6, 6.07) is 21.2. The molecule has 0 spiro atoms. The Morgan fingerprint density at radius 3 is 2.27 bits per heavy atom. The molecule has 5 heteroatoms. The van der Waals surface area contributed by atoms with E-state index in [0.717, 1.165) is 24.1 Å². The molecule has 0 atom stereocenters. The van der Waals surface area contributed by atoms with Crippen LogP contribution >= 0.6 is 0 Å². The summed E-state index contributed by atoms with van der Waals surface area (Å²) in [6.07, 6.45) is 3.68.